The Morgan fingerprint density at radius 2 is 1.74 bits per heavy atom. The number of nitrogens with one attached hydrogen (secondary N) is 1. The first kappa shape index (κ1) is 16.9. The van der Waals surface area contributed by atoms with Crippen LogP contribution in [-0.2, 0) is 0 Å². The summed E-state index contributed by atoms with van der Waals surface area (Å²) in [4.78, 5) is 37.6. The molecule has 0 aliphatic heterocycles. The zero-order chi connectivity index (χ0) is 17.1. The smallest absolute Gasteiger partial charge is 0.252 e. The number of carbonyl (C=O) groups is 3. The lowest BCUT2D eigenvalue weighted by Crippen LogP contribution is -2.32. The van der Waals surface area contributed by atoms with E-state index < -0.39 is 0 Å². The van der Waals surface area contributed by atoms with Crippen molar-refractivity contribution in [1.82, 2.24) is 10.2 Å². The Labute approximate surface area is 134 Å². The number of nitrogens with zero attached hydrogens (tertiary/aromatic N) is 1. The van der Waals surface area contributed by atoms with Gasteiger partial charge >= 0.3 is 0 Å². The molecule has 0 radical (unpaired) electrons. The SMILES string of the molecule is CC(=O)c1cc2cc(C(C)=O)c(C(=O)NCCN(C)C)cc2o1. The van der Waals surface area contributed by atoms with Crippen molar-refractivity contribution in [1.29, 1.82) is 0 Å². The molecular weight excluding hydrogens is 296 g/mol. The van der Waals surface area contributed by atoms with E-state index in [-0.39, 0.29) is 28.8 Å². The number of rotatable bonds is 6. The van der Waals surface area contributed by atoms with Crippen molar-refractivity contribution in [2.24, 2.45) is 0 Å². The molecule has 0 unspecified atom stereocenters. The molecule has 0 spiro atoms. The second-order valence-corrected chi connectivity index (χ2v) is 5.72. The van der Waals surface area contributed by atoms with Gasteiger partial charge in [0.2, 0.25) is 0 Å². The topological polar surface area (TPSA) is 79.6 Å². The molecule has 0 aliphatic rings. The van der Waals surface area contributed by atoms with Gasteiger partial charge < -0.3 is 14.6 Å². The standard InChI is InChI=1S/C17H20N2O4/c1-10(20)13-7-12-8-15(11(2)21)23-16(12)9-14(13)17(22)18-5-6-19(3)4/h7-9H,5-6H2,1-4H3,(H,18,22). The van der Waals surface area contributed by atoms with Crippen LogP contribution in [0.1, 0.15) is 45.1 Å². The van der Waals surface area contributed by atoms with Crippen LogP contribution < -0.4 is 5.32 Å². The summed E-state index contributed by atoms with van der Waals surface area (Å²) >= 11 is 0. The number of fused-ring (bicyclic) bond motifs is 1. The van der Waals surface area contributed by atoms with Gasteiger partial charge in [-0.05, 0) is 39.2 Å². The van der Waals surface area contributed by atoms with Crippen molar-refractivity contribution in [2.75, 3.05) is 27.2 Å². The van der Waals surface area contributed by atoms with Crippen LogP contribution in [0, 0.1) is 0 Å². The number of likely N-dealkylation sites (N-methyl/N-ethyl adjacent to an activating group) is 1. The molecule has 0 bridgehead atoms. The molecule has 1 aromatic carbocycles. The highest BCUT2D eigenvalue weighted by Crippen LogP contribution is 2.24. The molecule has 1 amide bonds. The summed E-state index contributed by atoms with van der Waals surface area (Å²) in [7, 11) is 3.82. The number of hydrogen-bond acceptors (Lipinski definition) is 5. The van der Waals surface area contributed by atoms with E-state index in [9.17, 15) is 14.4 Å². The van der Waals surface area contributed by atoms with Gasteiger partial charge in [0.15, 0.2) is 17.3 Å². The quantitative estimate of drug-likeness (QED) is 0.826. The Hall–Kier alpha value is -2.47. The zero-order valence-corrected chi connectivity index (χ0v) is 13.7. The van der Waals surface area contributed by atoms with Crippen molar-refractivity contribution in [3.63, 3.8) is 0 Å². The van der Waals surface area contributed by atoms with Crippen molar-refractivity contribution >= 4 is 28.4 Å². The highest BCUT2D eigenvalue weighted by atomic mass is 16.3. The van der Waals surface area contributed by atoms with Gasteiger partial charge in [-0.2, -0.15) is 0 Å². The zero-order valence-electron chi connectivity index (χ0n) is 13.7. The van der Waals surface area contributed by atoms with E-state index in [1.54, 1.807) is 12.1 Å². The lowest BCUT2D eigenvalue weighted by atomic mass is 10.0. The molecule has 0 atom stereocenters. The summed E-state index contributed by atoms with van der Waals surface area (Å²) in [5.74, 6) is -0.544. The van der Waals surface area contributed by atoms with Gasteiger partial charge in [-0.1, -0.05) is 0 Å². The molecule has 1 aromatic heterocycles. The first-order valence-corrected chi connectivity index (χ1v) is 7.32. The molecule has 6 heteroatoms. The van der Waals surface area contributed by atoms with Crippen LogP contribution in [-0.4, -0.2) is 49.6 Å². The minimum absolute atomic E-state index is 0.206. The maximum absolute atomic E-state index is 12.3. The molecule has 0 saturated heterocycles. The third kappa shape index (κ3) is 3.84. The van der Waals surface area contributed by atoms with Crippen molar-refractivity contribution < 1.29 is 18.8 Å². The second-order valence-electron chi connectivity index (χ2n) is 5.72. The van der Waals surface area contributed by atoms with Gasteiger partial charge in [0.05, 0.1) is 5.56 Å². The van der Waals surface area contributed by atoms with Gasteiger partial charge in [-0.25, -0.2) is 0 Å². The molecule has 6 nitrogen and oxygen atoms in total. The van der Waals surface area contributed by atoms with E-state index in [0.717, 1.165) is 0 Å². The van der Waals surface area contributed by atoms with Crippen LogP contribution in [0.2, 0.25) is 0 Å². The Morgan fingerprint density at radius 3 is 2.30 bits per heavy atom. The molecular formula is C17H20N2O4. The minimum Gasteiger partial charge on any atom is -0.453 e. The van der Waals surface area contributed by atoms with Crippen LogP contribution >= 0.6 is 0 Å². The summed E-state index contributed by atoms with van der Waals surface area (Å²) in [5.41, 5.74) is 0.988. The molecule has 2 rings (SSSR count). The highest BCUT2D eigenvalue weighted by Gasteiger charge is 2.18. The monoisotopic (exact) mass is 316 g/mol. The molecule has 122 valence electrons. The number of amides is 1. The Morgan fingerprint density at radius 1 is 1.04 bits per heavy atom. The predicted octanol–water partition coefficient (Wildman–Crippen LogP) is 2.13. The van der Waals surface area contributed by atoms with E-state index in [1.807, 2.05) is 19.0 Å². The lowest BCUT2D eigenvalue weighted by molar-refractivity contribution is 0.0936. The Balaban J connectivity index is 2.40. The largest absolute Gasteiger partial charge is 0.453 e. The van der Waals surface area contributed by atoms with E-state index >= 15 is 0 Å². The molecule has 0 saturated carbocycles. The summed E-state index contributed by atoms with van der Waals surface area (Å²) in [5, 5.41) is 3.41. The van der Waals surface area contributed by atoms with Crippen molar-refractivity contribution in [3.05, 3.63) is 35.1 Å². The average molecular weight is 316 g/mol. The second kappa shape index (κ2) is 6.75. The predicted molar refractivity (Wildman–Crippen MR) is 87.1 cm³/mol. The van der Waals surface area contributed by atoms with Gasteiger partial charge in [0, 0.05) is 31.0 Å². The van der Waals surface area contributed by atoms with Crippen LogP contribution in [0.5, 0.6) is 0 Å². The first-order chi connectivity index (χ1) is 10.8. The summed E-state index contributed by atoms with van der Waals surface area (Å²) in [6, 6.07) is 4.69. The maximum Gasteiger partial charge on any atom is 0.252 e. The Bertz CT molecular complexity index is 774. The van der Waals surface area contributed by atoms with Crippen LogP contribution in [0.25, 0.3) is 11.0 Å². The molecule has 1 heterocycles. The molecule has 2 aromatic rings. The highest BCUT2D eigenvalue weighted by molar-refractivity contribution is 6.10. The number of Topliss-reactive ketones (excluding diaryl/α,β-unsaturated/α-hetero) is 2. The lowest BCUT2D eigenvalue weighted by Gasteiger charge is -2.12. The van der Waals surface area contributed by atoms with Gasteiger partial charge in [-0.15, -0.1) is 0 Å². The van der Waals surface area contributed by atoms with Crippen LogP contribution in [0.4, 0.5) is 0 Å². The Kier molecular flexibility index (Phi) is 4.95. The number of ketones is 2. The molecule has 23 heavy (non-hydrogen) atoms. The van der Waals surface area contributed by atoms with E-state index in [4.69, 9.17) is 4.42 Å². The van der Waals surface area contributed by atoms with Crippen LogP contribution in [0.15, 0.2) is 22.6 Å². The van der Waals surface area contributed by atoms with Gasteiger partial charge in [-0.3, -0.25) is 14.4 Å². The number of carbonyl (C=O) groups excluding carboxylic acids is 3. The van der Waals surface area contributed by atoms with Crippen molar-refractivity contribution in [3.8, 4) is 0 Å². The van der Waals surface area contributed by atoms with Gasteiger partial charge in [0.1, 0.15) is 5.58 Å². The average Bonchev–Trinajstić information content (AvgIpc) is 2.88. The normalized spacial score (nSPS) is 11.0. The fraction of sp³-hybridized carbons (Fsp3) is 0.353. The van der Waals surface area contributed by atoms with E-state index in [2.05, 4.69) is 5.32 Å². The molecule has 0 fully saturated rings. The third-order valence-corrected chi connectivity index (χ3v) is 3.47. The number of furan rings is 1. The maximum atomic E-state index is 12.3. The van der Waals surface area contributed by atoms with Gasteiger partial charge in [0.25, 0.3) is 5.91 Å². The molecule has 1 N–H and O–H groups in total. The number of benzene rings is 1. The first-order valence-electron chi connectivity index (χ1n) is 7.32. The summed E-state index contributed by atoms with van der Waals surface area (Å²) in [6.07, 6.45) is 0. The fourth-order valence-corrected chi connectivity index (χ4v) is 2.23. The number of hydrogen-bond donors (Lipinski definition) is 1. The van der Waals surface area contributed by atoms with Crippen molar-refractivity contribution in [2.45, 2.75) is 13.8 Å². The fourth-order valence-electron chi connectivity index (χ4n) is 2.23. The van der Waals surface area contributed by atoms with Crippen LogP contribution in [0.3, 0.4) is 0 Å². The minimum atomic E-state index is -0.334. The van der Waals surface area contributed by atoms with E-state index in [0.29, 0.717) is 29.6 Å². The molecule has 0 aliphatic carbocycles. The summed E-state index contributed by atoms with van der Waals surface area (Å²) < 4.78 is 5.45. The summed E-state index contributed by atoms with van der Waals surface area (Å²) in [6.45, 7) is 3.97. The third-order valence-electron chi connectivity index (χ3n) is 3.47. The van der Waals surface area contributed by atoms with E-state index in [1.165, 1.54) is 19.9 Å².